The van der Waals surface area contributed by atoms with Crippen molar-refractivity contribution in [3.05, 3.63) is 0 Å². The van der Waals surface area contributed by atoms with Gasteiger partial charge in [0.25, 0.3) is 0 Å². The number of hydrogen-bond acceptors (Lipinski definition) is 3. The molecule has 0 aliphatic carbocycles. The van der Waals surface area contributed by atoms with Gasteiger partial charge >= 0.3 is 0 Å². The van der Waals surface area contributed by atoms with Crippen LogP contribution in [0.15, 0.2) is 0 Å². The topological polar surface area (TPSA) is 15.3 Å². The Morgan fingerprint density at radius 1 is 1.43 bits per heavy atom. The molecule has 4 unspecified atom stereocenters. The molecular formula is C11H20N2S. The highest BCUT2D eigenvalue weighted by Crippen LogP contribution is 2.40. The number of nitrogens with zero attached hydrogens (tertiary/aromatic N) is 1. The third kappa shape index (κ3) is 1.41. The first-order chi connectivity index (χ1) is 6.88. The molecule has 3 heteroatoms. The first kappa shape index (κ1) is 9.49. The summed E-state index contributed by atoms with van der Waals surface area (Å²) in [6.07, 6.45) is 2.82. The first-order valence-electron chi connectivity index (χ1n) is 5.96. The average molecular weight is 212 g/mol. The molecule has 3 aliphatic rings. The number of thioether (sulfide) groups is 1. The Hall–Kier alpha value is 0.270. The Balaban J connectivity index is 1.70. The molecule has 2 nitrogen and oxygen atoms in total. The number of likely N-dealkylation sites (tertiary alicyclic amines) is 1. The highest BCUT2D eigenvalue weighted by atomic mass is 32.2. The molecule has 3 heterocycles. The minimum atomic E-state index is 0.857. The smallest absolute Gasteiger partial charge is 0.0264 e. The van der Waals surface area contributed by atoms with Crippen LogP contribution in [-0.2, 0) is 0 Å². The van der Waals surface area contributed by atoms with Crippen molar-refractivity contribution >= 4 is 11.8 Å². The van der Waals surface area contributed by atoms with Crippen LogP contribution < -0.4 is 5.32 Å². The van der Waals surface area contributed by atoms with Crippen LogP contribution in [0.2, 0.25) is 0 Å². The van der Waals surface area contributed by atoms with Gasteiger partial charge in [0.1, 0.15) is 0 Å². The van der Waals surface area contributed by atoms with E-state index < -0.39 is 0 Å². The standard InChI is InChI=1S/C11H20N2S/c1-2-8-4-12-5-11(8)13-6-10-3-9(13)7-14-10/h8-12H,2-7H2,1H3. The van der Waals surface area contributed by atoms with Crippen molar-refractivity contribution in [3.63, 3.8) is 0 Å². The van der Waals surface area contributed by atoms with Crippen LogP contribution in [0.1, 0.15) is 19.8 Å². The highest BCUT2D eigenvalue weighted by Gasteiger charge is 2.44. The molecule has 2 bridgehead atoms. The van der Waals surface area contributed by atoms with Gasteiger partial charge in [-0.15, -0.1) is 0 Å². The summed E-state index contributed by atoms with van der Waals surface area (Å²) in [4.78, 5) is 2.81. The van der Waals surface area contributed by atoms with E-state index in [9.17, 15) is 0 Å². The van der Waals surface area contributed by atoms with E-state index in [4.69, 9.17) is 0 Å². The van der Waals surface area contributed by atoms with E-state index in [1.165, 1.54) is 38.2 Å². The molecular weight excluding hydrogens is 192 g/mol. The zero-order chi connectivity index (χ0) is 9.54. The average Bonchev–Trinajstić information content (AvgIpc) is 2.92. The minimum absolute atomic E-state index is 0.857. The predicted octanol–water partition coefficient (Wildman–Crippen LogP) is 1.17. The summed E-state index contributed by atoms with van der Waals surface area (Å²) in [5, 5.41) is 4.53. The van der Waals surface area contributed by atoms with E-state index in [1.54, 1.807) is 0 Å². The van der Waals surface area contributed by atoms with Crippen molar-refractivity contribution in [2.24, 2.45) is 5.92 Å². The summed E-state index contributed by atoms with van der Waals surface area (Å²) >= 11 is 2.20. The second-order valence-corrected chi connectivity index (χ2v) is 6.27. The van der Waals surface area contributed by atoms with Crippen molar-refractivity contribution in [2.45, 2.75) is 37.1 Å². The zero-order valence-corrected chi connectivity index (χ0v) is 9.72. The van der Waals surface area contributed by atoms with Crippen molar-refractivity contribution in [1.82, 2.24) is 10.2 Å². The molecule has 80 valence electrons. The second-order valence-electron chi connectivity index (χ2n) is 4.94. The van der Waals surface area contributed by atoms with Gasteiger partial charge in [0.05, 0.1) is 0 Å². The van der Waals surface area contributed by atoms with Crippen molar-refractivity contribution in [2.75, 3.05) is 25.4 Å². The van der Waals surface area contributed by atoms with Gasteiger partial charge in [0.15, 0.2) is 0 Å². The Morgan fingerprint density at radius 2 is 2.36 bits per heavy atom. The maximum absolute atomic E-state index is 3.56. The fourth-order valence-electron chi connectivity index (χ4n) is 3.36. The highest BCUT2D eigenvalue weighted by molar-refractivity contribution is 8.00. The summed E-state index contributed by atoms with van der Waals surface area (Å²) in [7, 11) is 0. The number of fused-ring (bicyclic) bond motifs is 2. The molecule has 0 spiro atoms. The number of hydrogen-bond donors (Lipinski definition) is 1. The molecule has 1 N–H and O–H groups in total. The van der Waals surface area contributed by atoms with E-state index in [0.717, 1.165) is 23.3 Å². The van der Waals surface area contributed by atoms with Crippen LogP contribution in [0.3, 0.4) is 0 Å². The lowest BCUT2D eigenvalue weighted by Gasteiger charge is -2.35. The van der Waals surface area contributed by atoms with Gasteiger partial charge in [-0.3, -0.25) is 4.90 Å². The quantitative estimate of drug-likeness (QED) is 0.740. The molecule has 0 saturated carbocycles. The zero-order valence-electron chi connectivity index (χ0n) is 8.91. The summed E-state index contributed by atoms with van der Waals surface area (Å²) in [6.45, 7) is 6.21. The van der Waals surface area contributed by atoms with Gasteiger partial charge < -0.3 is 5.32 Å². The first-order valence-corrected chi connectivity index (χ1v) is 7.01. The molecule has 0 aromatic heterocycles. The Bertz CT molecular complexity index is 217. The van der Waals surface area contributed by atoms with E-state index in [-0.39, 0.29) is 0 Å². The van der Waals surface area contributed by atoms with Crippen molar-refractivity contribution in [3.8, 4) is 0 Å². The van der Waals surface area contributed by atoms with Crippen molar-refractivity contribution < 1.29 is 0 Å². The summed E-state index contributed by atoms with van der Waals surface area (Å²) in [5.74, 6) is 2.32. The molecule has 14 heavy (non-hydrogen) atoms. The third-order valence-electron chi connectivity index (χ3n) is 4.20. The van der Waals surface area contributed by atoms with E-state index in [0.29, 0.717) is 0 Å². The normalized spacial score (nSPS) is 47.8. The van der Waals surface area contributed by atoms with Crippen LogP contribution in [0, 0.1) is 5.92 Å². The number of rotatable bonds is 2. The lowest BCUT2D eigenvalue weighted by atomic mass is 9.99. The molecule has 3 saturated heterocycles. The Labute approximate surface area is 90.8 Å². The summed E-state index contributed by atoms with van der Waals surface area (Å²) in [6, 6.07) is 1.78. The number of nitrogens with one attached hydrogen (secondary N) is 1. The SMILES string of the molecule is CCC1CNCC1N1CC2CC1CS2. The monoisotopic (exact) mass is 212 g/mol. The van der Waals surface area contributed by atoms with Crippen LogP contribution in [0.5, 0.6) is 0 Å². The van der Waals surface area contributed by atoms with Crippen LogP contribution >= 0.6 is 11.8 Å². The van der Waals surface area contributed by atoms with E-state index in [1.807, 2.05) is 0 Å². The van der Waals surface area contributed by atoms with Gasteiger partial charge in [-0.25, -0.2) is 0 Å². The second kappa shape index (κ2) is 3.69. The van der Waals surface area contributed by atoms with Crippen molar-refractivity contribution in [1.29, 1.82) is 0 Å². The van der Waals surface area contributed by atoms with Gasteiger partial charge in [-0.1, -0.05) is 13.3 Å². The third-order valence-corrected chi connectivity index (χ3v) is 5.59. The largest absolute Gasteiger partial charge is 0.315 e. The fourth-order valence-corrected chi connectivity index (χ4v) is 4.82. The van der Waals surface area contributed by atoms with Crippen LogP contribution in [0.4, 0.5) is 0 Å². The molecule has 0 aromatic rings. The summed E-state index contributed by atoms with van der Waals surface area (Å²) in [5.41, 5.74) is 0. The maximum Gasteiger partial charge on any atom is 0.0264 e. The fraction of sp³-hybridized carbons (Fsp3) is 1.00. The van der Waals surface area contributed by atoms with Gasteiger partial charge in [0, 0.05) is 36.2 Å². The van der Waals surface area contributed by atoms with Gasteiger partial charge in [0.2, 0.25) is 0 Å². The molecule has 3 fully saturated rings. The molecule has 4 atom stereocenters. The van der Waals surface area contributed by atoms with E-state index >= 15 is 0 Å². The predicted molar refractivity (Wildman–Crippen MR) is 61.8 cm³/mol. The van der Waals surface area contributed by atoms with Crippen LogP contribution in [0.25, 0.3) is 0 Å². The van der Waals surface area contributed by atoms with Gasteiger partial charge in [-0.2, -0.15) is 11.8 Å². The Kier molecular flexibility index (Phi) is 2.50. The Morgan fingerprint density at radius 3 is 3.00 bits per heavy atom. The molecule has 3 rings (SSSR count). The molecule has 0 radical (unpaired) electrons. The molecule has 3 aliphatic heterocycles. The molecule has 0 aromatic carbocycles. The minimum Gasteiger partial charge on any atom is -0.315 e. The molecule has 0 amide bonds. The lowest BCUT2D eigenvalue weighted by molar-refractivity contribution is 0.164. The maximum atomic E-state index is 3.56. The lowest BCUT2D eigenvalue weighted by Crippen LogP contribution is -2.46. The van der Waals surface area contributed by atoms with Gasteiger partial charge in [-0.05, 0) is 18.9 Å². The summed E-state index contributed by atoms with van der Waals surface area (Å²) < 4.78 is 0. The van der Waals surface area contributed by atoms with Crippen LogP contribution in [-0.4, -0.2) is 47.6 Å². The van der Waals surface area contributed by atoms with E-state index in [2.05, 4.69) is 28.9 Å².